The minimum absolute atomic E-state index is 0.0757. The van der Waals surface area contributed by atoms with Crippen LogP contribution in [0.5, 0.6) is 0 Å². The van der Waals surface area contributed by atoms with E-state index in [0.717, 1.165) is 31.6 Å². The van der Waals surface area contributed by atoms with Crippen molar-refractivity contribution in [2.45, 2.75) is 31.8 Å². The molecule has 2 heterocycles. The van der Waals surface area contributed by atoms with Crippen molar-refractivity contribution in [3.8, 4) is 0 Å². The third-order valence-electron chi connectivity index (χ3n) is 6.23. The lowest BCUT2D eigenvalue weighted by Crippen LogP contribution is -2.43. The number of carbonyl (C=O) groups excluding carboxylic acids is 2. The van der Waals surface area contributed by atoms with E-state index in [-0.39, 0.29) is 12.6 Å². The molecule has 0 aromatic heterocycles. The zero-order valence-electron chi connectivity index (χ0n) is 17.9. The minimum Gasteiger partial charge on any atom is -0.374 e. The number of likely N-dealkylation sites (N-methyl/N-ethyl adjacent to an activating group) is 1. The summed E-state index contributed by atoms with van der Waals surface area (Å²) in [5, 5.41) is 6.17. The number of nitrogens with zero attached hydrogens (tertiary/aromatic N) is 2. The number of benzene rings is 2. The van der Waals surface area contributed by atoms with Crippen molar-refractivity contribution in [1.82, 2.24) is 15.5 Å². The lowest BCUT2D eigenvalue weighted by atomic mass is 10.0. The largest absolute Gasteiger partial charge is 0.374 e. The Morgan fingerprint density at radius 3 is 2.45 bits per heavy atom. The number of likely N-dealkylation sites (tertiary alicyclic amines) is 1. The molecule has 164 valence electrons. The fourth-order valence-electron chi connectivity index (χ4n) is 4.44. The fourth-order valence-corrected chi connectivity index (χ4v) is 4.57. The van der Waals surface area contributed by atoms with Crippen LogP contribution in [0.25, 0.3) is 0 Å². The van der Waals surface area contributed by atoms with Gasteiger partial charge in [-0.05, 0) is 67.2 Å². The summed E-state index contributed by atoms with van der Waals surface area (Å²) in [6, 6.07) is 13.9. The zero-order valence-corrected chi connectivity index (χ0v) is 18.6. The van der Waals surface area contributed by atoms with Gasteiger partial charge in [-0.1, -0.05) is 35.9 Å². The van der Waals surface area contributed by atoms with Crippen molar-refractivity contribution >= 4 is 29.1 Å². The molecule has 31 heavy (non-hydrogen) atoms. The van der Waals surface area contributed by atoms with Gasteiger partial charge in [0.15, 0.2) is 0 Å². The van der Waals surface area contributed by atoms with Gasteiger partial charge in [-0.25, -0.2) is 0 Å². The van der Waals surface area contributed by atoms with Crippen LogP contribution in [0.3, 0.4) is 0 Å². The summed E-state index contributed by atoms with van der Waals surface area (Å²) < 4.78 is 0. The number of fused-ring (bicyclic) bond motifs is 1. The predicted molar refractivity (Wildman–Crippen MR) is 123 cm³/mol. The van der Waals surface area contributed by atoms with Gasteiger partial charge in [0.05, 0.1) is 6.04 Å². The van der Waals surface area contributed by atoms with Crippen molar-refractivity contribution in [2.24, 2.45) is 0 Å². The van der Waals surface area contributed by atoms with Crippen molar-refractivity contribution < 1.29 is 9.59 Å². The van der Waals surface area contributed by atoms with Gasteiger partial charge in [0.2, 0.25) is 0 Å². The maximum atomic E-state index is 12.4. The number of nitrogens with one attached hydrogen (secondary N) is 2. The maximum Gasteiger partial charge on any atom is 0.309 e. The van der Waals surface area contributed by atoms with E-state index in [2.05, 4.69) is 45.7 Å². The molecule has 2 aliphatic heterocycles. The molecule has 1 saturated heterocycles. The molecule has 7 heteroatoms. The van der Waals surface area contributed by atoms with Gasteiger partial charge < -0.3 is 15.5 Å². The highest BCUT2D eigenvalue weighted by molar-refractivity contribution is 6.35. The van der Waals surface area contributed by atoms with E-state index in [9.17, 15) is 9.59 Å². The lowest BCUT2D eigenvalue weighted by molar-refractivity contribution is -0.139. The van der Waals surface area contributed by atoms with Crippen LogP contribution in [0.1, 0.15) is 35.6 Å². The molecule has 0 spiro atoms. The number of halogens is 1. The highest BCUT2D eigenvalue weighted by atomic mass is 35.5. The van der Waals surface area contributed by atoms with E-state index in [1.54, 1.807) is 12.1 Å². The Morgan fingerprint density at radius 2 is 1.71 bits per heavy atom. The monoisotopic (exact) mass is 440 g/mol. The quantitative estimate of drug-likeness (QED) is 0.678. The van der Waals surface area contributed by atoms with Crippen LogP contribution in [0.15, 0.2) is 42.5 Å². The normalized spacial score (nSPS) is 16.8. The second-order valence-electron chi connectivity index (χ2n) is 8.34. The first kappa shape index (κ1) is 21.7. The van der Waals surface area contributed by atoms with Gasteiger partial charge in [-0.2, -0.15) is 0 Å². The van der Waals surface area contributed by atoms with Gasteiger partial charge >= 0.3 is 11.8 Å². The van der Waals surface area contributed by atoms with Gasteiger partial charge in [-0.3, -0.25) is 14.5 Å². The molecule has 2 amide bonds. The van der Waals surface area contributed by atoms with Crippen molar-refractivity contribution in [1.29, 1.82) is 0 Å². The molecule has 2 N–H and O–H groups in total. The Morgan fingerprint density at radius 1 is 1.00 bits per heavy atom. The number of amides is 2. The average Bonchev–Trinajstić information content (AvgIpc) is 3.43. The zero-order chi connectivity index (χ0) is 21.8. The summed E-state index contributed by atoms with van der Waals surface area (Å²) in [6.07, 6.45) is 3.38. The van der Waals surface area contributed by atoms with Gasteiger partial charge in [0, 0.05) is 37.4 Å². The van der Waals surface area contributed by atoms with E-state index in [1.165, 1.54) is 29.7 Å². The Kier molecular flexibility index (Phi) is 6.78. The maximum absolute atomic E-state index is 12.4. The molecule has 0 saturated carbocycles. The summed E-state index contributed by atoms with van der Waals surface area (Å²) in [4.78, 5) is 29.4. The SMILES string of the molecule is CN1CCc2cc([C@@H](CNC(=O)C(=O)NCc3ccc(Cl)cc3)N3CCCC3)ccc21. The summed E-state index contributed by atoms with van der Waals surface area (Å²) >= 11 is 5.88. The summed E-state index contributed by atoms with van der Waals surface area (Å²) in [5.74, 6) is -1.22. The molecule has 0 bridgehead atoms. The molecule has 6 nitrogen and oxygen atoms in total. The molecule has 1 atom stereocenters. The molecule has 4 rings (SSSR count). The Balaban J connectivity index is 1.37. The molecular weight excluding hydrogens is 412 g/mol. The van der Waals surface area contributed by atoms with Gasteiger partial charge in [-0.15, -0.1) is 0 Å². The third kappa shape index (κ3) is 5.20. The summed E-state index contributed by atoms with van der Waals surface area (Å²) in [7, 11) is 2.12. The lowest BCUT2D eigenvalue weighted by Gasteiger charge is -2.28. The molecule has 0 unspecified atom stereocenters. The first-order valence-corrected chi connectivity index (χ1v) is 11.3. The molecular formula is C24H29ClN4O2. The second kappa shape index (κ2) is 9.71. The summed E-state index contributed by atoms with van der Waals surface area (Å²) in [5.41, 5.74) is 4.74. The topological polar surface area (TPSA) is 64.7 Å². The van der Waals surface area contributed by atoms with E-state index >= 15 is 0 Å². The number of carbonyl (C=O) groups is 2. The van der Waals surface area contributed by atoms with Crippen LogP contribution < -0.4 is 15.5 Å². The number of anilines is 1. The first-order valence-electron chi connectivity index (χ1n) is 10.9. The second-order valence-corrected chi connectivity index (χ2v) is 8.77. The Labute approximate surface area is 188 Å². The number of hydrogen-bond acceptors (Lipinski definition) is 4. The highest BCUT2D eigenvalue weighted by Crippen LogP contribution is 2.32. The number of hydrogen-bond donors (Lipinski definition) is 2. The first-order chi connectivity index (χ1) is 15.0. The summed E-state index contributed by atoms with van der Waals surface area (Å²) in [6.45, 7) is 3.78. The van der Waals surface area contributed by atoms with Crippen LogP contribution in [-0.4, -0.2) is 49.9 Å². The van der Waals surface area contributed by atoms with E-state index in [1.807, 2.05) is 12.1 Å². The van der Waals surface area contributed by atoms with Crippen molar-refractivity contribution in [3.63, 3.8) is 0 Å². The Bertz CT molecular complexity index is 941. The fraction of sp³-hybridized carbons (Fsp3) is 0.417. The highest BCUT2D eigenvalue weighted by Gasteiger charge is 2.26. The van der Waals surface area contributed by atoms with Crippen LogP contribution in [0.2, 0.25) is 5.02 Å². The standard InChI is InChI=1S/C24H29ClN4O2/c1-28-13-10-19-14-18(6-9-21(19)28)22(29-11-2-3-12-29)16-27-24(31)23(30)26-15-17-4-7-20(25)8-5-17/h4-9,14,22H,2-3,10-13,15-16H2,1H3,(H,26,30)(H,27,31)/t22-/m1/s1. The third-order valence-corrected chi connectivity index (χ3v) is 6.48. The van der Waals surface area contributed by atoms with E-state index in [0.29, 0.717) is 11.6 Å². The molecule has 1 fully saturated rings. The van der Waals surface area contributed by atoms with Crippen LogP contribution >= 0.6 is 11.6 Å². The number of rotatable bonds is 6. The predicted octanol–water partition coefficient (Wildman–Crippen LogP) is 2.90. The minimum atomic E-state index is -0.620. The van der Waals surface area contributed by atoms with Gasteiger partial charge in [0.25, 0.3) is 0 Å². The molecule has 2 aromatic carbocycles. The molecule has 2 aromatic rings. The van der Waals surface area contributed by atoms with E-state index < -0.39 is 11.8 Å². The smallest absolute Gasteiger partial charge is 0.309 e. The molecule has 2 aliphatic rings. The molecule has 0 aliphatic carbocycles. The van der Waals surface area contributed by atoms with Crippen molar-refractivity contribution in [3.05, 3.63) is 64.2 Å². The van der Waals surface area contributed by atoms with Crippen LogP contribution in [0, 0.1) is 0 Å². The molecule has 0 radical (unpaired) electrons. The Hall–Kier alpha value is -2.57. The van der Waals surface area contributed by atoms with Crippen LogP contribution in [0.4, 0.5) is 5.69 Å². The van der Waals surface area contributed by atoms with Gasteiger partial charge in [0.1, 0.15) is 0 Å². The average molecular weight is 441 g/mol. The van der Waals surface area contributed by atoms with Crippen molar-refractivity contribution in [2.75, 3.05) is 38.1 Å². The van der Waals surface area contributed by atoms with Crippen LogP contribution in [-0.2, 0) is 22.6 Å². The van der Waals surface area contributed by atoms with E-state index in [4.69, 9.17) is 11.6 Å².